The van der Waals surface area contributed by atoms with Gasteiger partial charge >= 0.3 is 5.97 Å². The summed E-state index contributed by atoms with van der Waals surface area (Å²) in [6.07, 6.45) is 1.49. The van der Waals surface area contributed by atoms with Gasteiger partial charge in [0.25, 0.3) is 0 Å². The minimum absolute atomic E-state index is 0.122. The average Bonchev–Trinajstić information content (AvgIpc) is 2.77. The van der Waals surface area contributed by atoms with E-state index in [-0.39, 0.29) is 17.6 Å². The molecule has 2 rings (SSSR count). The Balaban J connectivity index is 2.09. The summed E-state index contributed by atoms with van der Waals surface area (Å²) >= 11 is 2.90. The number of amides is 1. The second-order valence-electron chi connectivity index (χ2n) is 5.56. The molecule has 124 valence electrons. The number of thiophene rings is 1. The van der Waals surface area contributed by atoms with Crippen molar-refractivity contribution in [3.05, 3.63) is 16.8 Å². The van der Waals surface area contributed by atoms with Gasteiger partial charge in [0.15, 0.2) is 0 Å². The maximum Gasteiger partial charge on any atom is 0.326 e. The Bertz CT molecular complexity index is 743. The molecule has 2 N–H and O–H groups in total. The number of hydrogen-bond donors (Lipinski definition) is 2. The molecule has 2 aromatic heterocycles. The highest BCUT2D eigenvalue weighted by molar-refractivity contribution is 8.00. The number of aliphatic carboxylic acids is 1. The van der Waals surface area contributed by atoms with E-state index in [0.29, 0.717) is 0 Å². The molecule has 0 radical (unpaired) electrons. The number of aryl methyl sites for hydroxylation is 2. The van der Waals surface area contributed by atoms with Gasteiger partial charge in [0.1, 0.15) is 22.2 Å². The van der Waals surface area contributed by atoms with Crippen molar-refractivity contribution in [3.63, 3.8) is 0 Å². The fourth-order valence-corrected chi connectivity index (χ4v) is 4.05. The predicted molar refractivity (Wildman–Crippen MR) is 92.0 cm³/mol. The minimum Gasteiger partial charge on any atom is -0.480 e. The number of nitrogens with zero attached hydrogens (tertiary/aromatic N) is 2. The number of carboxylic acids is 1. The third kappa shape index (κ3) is 4.00. The lowest BCUT2D eigenvalue weighted by molar-refractivity contribution is -0.142. The van der Waals surface area contributed by atoms with Crippen LogP contribution in [-0.4, -0.2) is 38.7 Å². The maximum absolute atomic E-state index is 12.0. The Hall–Kier alpha value is -1.67. The summed E-state index contributed by atoms with van der Waals surface area (Å²) < 4.78 is 0. The number of carbonyl (C=O) groups excluding carboxylic acids is 1. The molecule has 0 aliphatic heterocycles. The normalized spacial score (nSPS) is 12.6. The molecular formula is C15H19N3O3S2. The van der Waals surface area contributed by atoms with E-state index < -0.39 is 12.0 Å². The number of thioether (sulfide) groups is 1. The summed E-state index contributed by atoms with van der Waals surface area (Å²) in [4.78, 5) is 33.8. The number of carboxylic acid groups (broad SMARTS) is 1. The molecule has 0 fully saturated rings. The number of rotatable bonds is 6. The van der Waals surface area contributed by atoms with Crippen LogP contribution in [0.3, 0.4) is 0 Å². The maximum atomic E-state index is 12.0. The summed E-state index contributed by atoms with van der Waals surface area (Å²) in [5.74, 6) is -1.38. The number of fused-ring (bicyclic) bond motifs is 1. The average molecular weight is 353 g/mol. The second-order valence-corrected chi connectivity index (χ2v) is 7.73. The van der Waals surface area contributed by atoms with Gasteiger partial charge in [-0.05, 0) is 25.3 Å². The molecule has 0 unspecified atom stereocenters. The largest absolute Gasteiger partial charge is 0.480 e. The zero-order valence-corrected chi connectivity index (χ0v) is 15.0. The number of aromatic nitrogens is 2. The molecule has 0 saturated carbocycles. The highest BCUT2D eigenvalue weighted by atomic mass is 32.2. The van der Waals surface area contributed by atoms with Gasteiger partial charge in [-0.25, -0.2) is 14.8 Å². The van der Waals surface area contributed by atoms with Gasteiger partial charge in [0.05, 0.1) is 5.75 Å². The molecule has 0 saturated heterocycles. The molecular weight excluding hydrogens is 334 g/mol. The third-order valence-corrected chi connectivity index (χ3v) is 5.62. The van der Waals surface area contributed by atoms with E-state index in [0.717, 1.165) is 20.8 Å². The van der Waals surface area contributed by atoms with Crippen molar-refractivity contribution >= 4 is 45.2 Å². The molecule has 0 spiro atoms. The van der Waals surface area contributed by atoms with Crippen LogP contribution in [0.1, 0.15) is 24.3 Å². The number of nitrogens with one attached hydrogen (secondary N) is 1. The van der Waals surface area contributed by atoms with Crippen LogP contribution in [0.25, 0.3) is 10.2 Å². The van der Waals surface area contributed by atoms with Crippen molar-refractivity contribution in [2.45, 2.75) is 38.8 Å². The van der Waals surface area contributed by atoms with Crippen LogP contribution in [0.4, 0.5) is 0 Å². The lowest BCUT2D eigenvalue weighted by Crippen LogP contribution is -2.45. The quantitative estimate of drug-likeness (QED) is 0.613. The van der Waals surface area contributed by atoms with Gasteiger partial charge in [-0.15, -0.1) is 11.3 Å². The molecule has 0 aliphatic rings. The summed E-state index contributed by atoms with van der Waals surface area (Å²) in [6, 6.07) is -0.876. The Morgan fingerprint density at radius 3 is 2.65 bits per heavy atom. The van der Waals surface area contributed by atoms with E-state index in [9.17, 15) is 9.59 Å². The van der Waals surface area contributed by atoms with Gasteiger partial charge in [0, 0.05) is 10.3 Å². The van der Waals surface area contributed by atoms with E-state index in [1.165, 1.54) is 23.0 Å². The van der Waals surface area contributed by atoms with E-state index in [1.807, 2.05) is 13.8 Å². The Kier molecular flexibility index (Phi) is 5.59. The van der Waals surface area contributed by atoms with Crippen LogP contribution < -0.4 is 5.32 Å². The standard InChI is InChI=1S/C15H19N3O3S2/c1-7(2)12(15(20)21)18-10(19)5-22-13-11-8(3)9(4)23-14(11)17-6-16-13/h6-7,12H,5H2,1-4H3,(H,18,19)(H,20,21)/t12-/m0/s1. The van der Waals surface area contributed by atoms with E-state index in [2.05, 4.69) is 15.3 Å². The van der Waals surface area contributed by atoms with Crippen LogP contribution >= 0.6 is 23.1 Å². The Morgan fingerprint density at radius 2 is 2.04 bits per heavy atom. The number of hydrogen-bond acceptors (Lipinski definition) is 6. The van der Waals surface area contributed by atoms with E-state index >= 15 is 0 Å². The molecule has 2 heterocycles. The van der Waals surface area contributed by atoms with Gasteiger partial charge in [0.2, 0.25) is 5.91 Å². The summed E-state index contributed by atoms with van der Waals surface area (Å²) in [5.41, 5.74) is 1.12. The smallest absolute Gasteiger partial charge is 0.326 e. The lowest BCUT2D eigenvalue weighted by Gasteiger charge is -2.17. The van der Waals surface area contributed by atoms with Crippen LogP contribution in [0, 0.1) is 19.8 Å². The molecule has 1 amide bonds. The fraction of sp³-hybridized carbons (Fsp3) is 0.467. The summed E-state index contributed by atoms with van der Waals surface area (Å²) in [7, 11) is 0. The van der Waals surface area contributed by atoms with Crippen molar-refractivity contribution in [2.24, 2.45) is 5.92 Å². The van der Waals surface area contributed by atoms with Gasteiger partial charge in [-0.1, -0.05) is 25.6 Å². The second kappa shape index (κ2) is 7.27. The summed E-state index contributed by atoms with van der Waals surface area (Å²) in [6.45, 7) is 7.57. The van der Waals surface area contributed by atoms with Crippen molar-refractivity contribution in [1.29, 1.82) is 0 Å². The van der Waals surface area contributed by atoms with Crippen LogP contribution in [0.15, 0.2) is 11.4 Å². The SMILES string of the molecule is Cc1sc2ncnc(SCC(=O)N[C@H](C(=O)O)C(C)C)c2c1C. The molecule has 1 atom stereocenters. The Labute approximate surface area is 142 Å². The highest BCUT2D eigenvalue weighted by Gasteiger charge is 2.23. The van der Waals surface area contributed by atoms with Gasteiger partial charge in [-0.3, -0.25) is 4.79 Å². The van der Waals surface area contributed by atoms with E-state index in [1.54, 1.807) is 25.2 Å². The zero-order chi connectivity index (χ0) is 17.1. The zero-order valence-electron chi connectivity index (χ0n) is 13.4. The molecule has 0 bridgehead atoms. The third-order valence-electron chi connectivity index (χ3n) is 3.52. The first-order valence-electron chi connectivity index (χ1n) is 7.17. The van der Waals surface area contributed by atoms with Crippen molar-refractivity contribution < 1.29 is 14.7 Å². The monoisotopic (exact) mass is 353 g/mol. The lowest BCUT2D eigenvalue weighted by atomic mass is 10.1. The van der Waals surface area contributed by atoms with Gasteiger partial charge < -0.3 is 10.4 Å². The van der Waals surface area contributed by atoms with E-state index in [4.69, 9.17) is 5.11 Å². The molecule has 8 heteroatoms. The number of carbonyl (C=O) groups is 2. The van der Waals surface area contributed by atoms with Crippen molar-refractivity contribution in [1.82, 2.24) is 15.3 Å². The molecule has 2 aromatic rings. The predicted octanol–water partition coefficient (Wildman–Crippen LogP) is 2.63. The van der Waals surface area contributed by atoms with Crippen LogP contribution in [0.2, 0.25) is 0 Å². The first kappa shape index (κ1) is 17.7. The minimum atomic E-state index is -1.02. The Morgan fingerprint density at radius 1 is 1.35 bits per heavy atom. The molecule has 6 nitrogen and oxygen atoms in total. The van der Waals surface area contributed by atoms with Crippen molar-refractivity contribution in [2.75, 3.05) is 5.75 Å². The van der Waals surface area contributed by atoms with Crippen LogP contribution in [0.5, 0.6) is 0 Å². The molecule has 0 aromatic carbocycles. The first-order chi connectivity index (χ1) is 10.8. The topological polar surface area (TPSA) is 92.2 Å². The summed E-state index contributed by atoms with van der Waals surface area (Å²) in [5, 5.41) is 13.4. The van der Waals surface area contributed by atoms with Crippen molar-refractivity contribution in [3.8, 4) is 0 Å². The molecule has 0 aliphatic carbocycles. The molecule has 23 heavy (non-hydrogen) atoms. The highest BCUT2D eigenvalue weighted by Crippen LogP contribution is 2.34. The van der Waals surface area contributed by atoms with Gasteiger partial charge in [-0.2, -0.15) is 0 Å². The fourth-order valence-electron chi connectivity index (χ4n) is 2.12. The first-order valence-corrected chi connectivity index (χ1v) is 8.97. The van der Waals surface area contributed by atoms with Crippen LogP contribution in [-0.2, 0) is 9.59 Å².